The number of ether oxygens (including phenoxy) is 1. The highest BCUT2D eigenvalue weighted by Crippen LogP contribution is 2.29. The van der Waals surface area contributed by atoms with Crippen molar-refractivity contribution in [3.05, 3.63) is 24.5 Å². The van der Waals surface area contributed by atoms with Gasteiger partial charge >= 0.3 is 6.03 Å². The van der Waals surface area contributed by atoms with E-state index in [9.17, 15) is 4.79 Å². The van der Waals surface area contributed by atoms with Crippen LogP contribution in [0, 0.1) is 5.92 Å². The maximum Gasteiger partial charge on any atom is 0.320 e. The number of carbonyl (C=O) groups is 1. The van der Waals surface area contributed by atoms with E-state index >= 15 is 0 Å². The minimum Gasteiger partial charge on any atom is -0.469 e. The molecule has 0 bridgehead atoms. The number of halogens is 2. The summed E-state index contributed by atoms with van der Waals surface area (Å²) in [6.45, 7) is 3.20. The van der Waals surface area contributed by atoms with Crippen LogP contribution in [0.1, 0.15) is 25.7 Å². The summed E-state index contributed by atoms with van der Waals surface area (Å²) in [4.78, 5) is 18.4. The number of nitrogens with zero attached hydrogens (tertiary/aromatic N) is 2. The number of nitrogens with one attached hydrogen (secondary N) is 2. The summed E-state index contributed by atoms with van der Waals surface area (Å²) in [7, 11) is 0. The number of carbonyl (C=O) groups excluding carboxylic acids is 1. The Balaban J connectivity index is 0.00000144. The van der Waals surface area contributed by atoms with Gasteiger partial charge in [0.05, 0.1) is 6.20 Å². The van der Waals surface area contributed by atoms with Crippen LogP contribution in [-0.2, 0) is 0 Å². The van der Waals surface area contributed by atoms with Gasteiger partial charge in [0.25, 0.3) is 0 Å². The molecule has 24 heavy (non-hydrogen) atoms. The third-order valence-electron chi connectivity index (χ3n) is 4.40. The third kappa shape index (κ3) is 5.69. The monoisotopic (exact) mass is 376 g/mol. The van der Waals surface area contributed by atoms with E-state index in [0.29, 0.717) is 11.7 Å². The molecule has 8 heteroatoms. The number of rotatable bonds is 4. The molecule has 1 aromatic heterocycles. The second kappa shape index (κ2) is 10.6. The second-order valence-corrected chi connectivity index (χ2v) is 5.96. The van der Waals surface area contributed by atoms with Gasteiger partial charge in [-0.2, -0.15) is 0 Å². The lowest BCUT2D eigenvalue weighted by molar-refractivity contribution is 0.0965. The highest BCUT2D eigenvalue weighted by atomic mass is 35.5. The van der Waals surface area contributed by atoms with Gasteiger partial charge in [0.1, 0.15) is 5.75 Å². The lowest BCUT2D eigenvalue weighted by atomic mass is 10.1. The van der Waals surface area contributed by atoms with Crippen molar-refractivity contribution in [3.63, 3.8) is 0 Å². The van der Waals surface area contributed by atoms with Crippen molar-refractivity contribution < 1.29 is 9.53 Å². The van der Waals surface area contributed by atoms with Crippen molar-refractivity contribution >= 4 is 30.8 Å². The molecule has 0 radical (unpaired) electrons. The molecule has 2 amide bonds. The lowest BCUT2D eigenvalue weighted by Gasteiger charge is -2.31. The molecule has 1 saturated heterocycles. The Morgan fingerprint density at radius 3 is 2.62 bits per heavy atom. The van der Waals surface area contributed by atoms with Crippen LogP contribution < -0.4 is 15.4 Å². The van der Waals surface area contributed by atoms with E-state index < -0.39 is 0 Å². The zero-order chi connectivity index (χ0) is 15.2. The van der Waals surface area contributed by atoms with E-state index in [1.165, 1.54) is 12.8 Å². The first-order valence-corrected chi connectivity index (χ1v) is 8.16. The van der Waals surface area contributed by atoms with Gasteiger partial charge in [-0.25, -0.2) is 4.79 Å². The van der Waals surface area contributed by atoms with Crippen molar-refractivity contribution in [2.75, 3.05) is 26.2 Å². The summed E-state index contributed by atoms with van der Waals surface area (Å²) in [5.74, 6) is 1.09. The van der Waals surface area contributed by atoms with Crippen molar-refractivity contribution in [2.45, 2.75) is 31.9 Å². The van der Waals surface area contributed by atoms with Gasteiger partial charge in [-0.1, -0.05) is 12.8 Å². The third-order valence-corrected chi connectivity index (χ3v) is 4.40. The zero-order valence-corrected chi connectivity index (χ0v) is 15.3. The summed E-state index contributed by atoms with van der Waals surface area (Å²) in [6, 6.07) is 3.70. The molecular formula is C16H26Cl2N4O2. The van der Waals surface area contributed by atoms with Gasteiger partial charge in [-0.15, -0.1) is 24.8 Å². The van der Waals surface area contributed by atoms with Crippen molar-refractivity contribution in [2.24, 2.45) is 5.92 Å². The van der Waals surface area contributed by atoms with E-state index in [4.69, 9.17) is 4.74 Å². The first-order valence-electron chi connectivity index (χ1n) is 8.16. The summed E-state index contributed by atoms with van der Waals surface area (Å²) in [6.07, 6.45) is 7.77. The number of aromatic nitrogens is 1. The smallest absolute Gasteiger partial charge is 0.320 e. The molecule has 1 aliphatic carbocycles. The van der Waals surface area contributed by atoms with Crippen molar-refractivity contribution in [3.8, 4) is 5.75 Å². The molecule has 136 valence electrons. The van der Waals surface area contributed by atoms with Gasteiger partial charge < -0.3 is 20.3 Å². The highest BCUT2D eigenvalue weighted by molar-refractivity contribution is 5.85. The van der Waals surface area contributed by atoms with E-state index in [-0.39, 0.29) is 37.1 Å². The molecule has 1 atom stereocenters. The Morgan fingerprint density at radius 1 is 1.29 bits per heavy atom. The molecule has 1 aromatic rings. The van der Waals surface area contributed by atoms with Crippen molar-refractivity contribution in [1.29, 1.82) is 0 Å². The maximum atomic E-state index is 12.4. The van der Waals surface area contributed by atoms with E-state index in [1.54, 1.807) is 12.4 Å². The average Bonchev–Trinajstić information content (AvgIpc) is 3.10. The molecule has 2 aliphatic rings. The number of pyridine rings is 1. The van der Waals surface area contributed by atoms with Gasteiger partial charge in [0.15, 0.2) is 6.23 Å². The van der Waals surface area contributed by atoms with Gasteiger partial charge in [0.2, 0.25) is 0 Å². The normalized spacial score (nSPS) is 18.9. The minimum atomic E-state index is -0.269. The Bertz CT molecular complexity index is 480. The fourth-order valence-electron chi connectivity index (χ4n) is 3.15. The Labute approximate surface area is 155 Å². The van der Waals surface area contributed by atoms with Crippen molar-refractivity contribution in [1.82, 2.24) is 20.5 Å². The molecule has 2 N–H and O–H groups in total. The molecular weight excluding hydrogens is 351 g/mol. The number of hydrogen-bond donors (Lipinski definition) is 2. The molecule has 2 fully saturated rings. The lowest BCUT2D eigenvalue weighted by Crippen LogP contribution is -2.54. The second-order valence-electron chi connectivity index (χ2n) is 5.96. The van der Waals surface area contributed by atoms with Crippen LogP contribution in [-0.4, -0.2) is 48.3 Å². The van der Waals surface area contributed by atoms with Gasteiger partial charge in [-0.05, 0) is 25.0 Å². The van der Waals surface area contributed by atoms with E-state index in [2.05, 4.69) is 15.6 Å². The Morgan fingerprint density at radius 2 is 2.00 bits per heavy atom. The SMILES string of the molecule is Cl.Cl.O=C(NC(Oc1cccnc1)C1CCCC1)N1CCNCC1. The van der Waals surface area contributed by atoms with E-state index in [0.717, 1.165) is 39.0 Å². The number of amides is 2. The zero-order valence-electron chi connectivity index (χ0n) is 13.6. The summed E-state index contributed by atoms with van der Waals surface area (Å²) < 4.78 is 6.02. The highest BCUT2D eigenvalue weighted by Gasteiger charge is 2.29. The average molecular weight is 377 g/mol. The minimum absolute atomic E-state index is 0. The fourth-order valence-corrected chi connectivity index (χ4v) is 3.15. The number of urea groups is 1. The quantitative estimate of drug-likeness (QED) is 0.791. The Kier molecular flexibility index (Phi) is 9.18. The van der Waals surface area contributed by atoms with Crippen LogP contribution >= 0.6 is 24.8 Å². The van der Waals surface area contributed by atoms with Crippen LogP contribution in [0.25, 0.3) is 0 Å². The standard InChI is InChI=1S/C16H24N4O2.2ClH/c21-16(20-10-8-17-9-11-20)19-15(13-4-1-2-5-13)22-14-6-3-7-18-12-14;;/h3,6-7,12-13,15,17H,1-2,4-5,8-11H2,(H,19,21);2*1H. The number of piperazine rings is 1. The fraction of sp³-hybridized carbons (Fsp3) is 0.625. The van der Waals surface area contributed by atoms with Crippen LogP contribution in [0.15, 0.2) is 24.5 Å². The first kappa shape index (κ1) is 20.8. The summed E-state index contributed by atoms with van der Waals surface area (Å²) in [5, 5.41) is 6.34. The van der Waals surface area contributed by atoms with Crippen LogP contribution in [0.4, 0.5) is 4.79 Å². The molecule has 1 aliphatic heterocycles. The van der Waals surface area contributed by atoms with Crippen LogP contribution in [0.2, 0.25) is 0 Å². The molecule has 0 spiro atoms. The molecule has 1 saturated carbocycles. The molecule has 0 aromatic carbocycles. The van der Waals surface area contributed by atoms with Crippen LogP contribution in [0.3, 0.4) is 0 Å². The molecule has 3 rings (SSSR count). The van der Waals surface area contributed by atoms with Gasteiger partial charge in [-0.3, -0.25) is 4.98 Å². The molecule has 6 nitrogen and oxygen atoms in total. The summed E-state index contributed by atoms with van der Waals surface area (Å²) in [5.41, 5.74) is 0. The predicted octanol–water partition coefficient (Wildman–Crippen LogP) is 2.44. The van der Waals surface area contributed by atoms with E-state index in [1.807, 2.05) is 17.0 Å². The number of hydrogen-bond acceptors (Lipinski definition) is 4. The summed E-state index contributed by atoms with van der Waals surface area (Å²) >= 11 is 0. The van der Waals surface area contributed by atoms with Gasteiger partial charge in [0, 0.05) is 38.3 Å². The van der Waals surface area contributed by atoms with Crippen LogP contribution in [0.5, 0.6) is 5.75 Å². The first-order chi connectivity index (χ1) is 10.8. The topological polar surface area (TPSA) is 66.5 Å². The largest absolute Gasteiger partial charge is 0.469 e. The molecule has 1 unspecified atom stereocenters. The maximum absolute atomic E-state index is 12.4. The predicted molar refractivity (Wildman–Crippen MR) is 98.1 cm³/mol. The Hall–Kier alpha value is -1.24. The molecule has 2 heterocycles.